The van der Waals surface area contributed by atoms with Crippen LogP contribution in [-0.2, 0) is 0 Å². The number of halogens is 3. The second kappa shape index (κ2) is 4.01. The summed E-state index contributed by atoms with van der Waals surface area (Å²) in [6.07, 6.45) is 0. The second-order valence-electron chi connectivity index (χ2n) is 2.54. The number of hydrogen-bond donors (Lipinski definition) is 0. The van der Waals surface area contributed by atoms with Gasteiger partial charge in [-0.25, -0.2) is 0 Å². The highest BCUT2D eigenvalue weighted by molar-refractivity contribution is 7.51. The van der Waals surface area contributed by atoms with Crippen LogP contribution in [0.2, 0.25) is 11.1 Å². The Morgan fingerprint density at radius 2 is 1.83 bits per heavy atom. The first-order valence-corrected chi connectivity index (χ1v) is 8.31. The Balaban J connectivity index is 3.10. The molecule has 0 spiro atoms. The molecule has 0 saturated carbocycles. The quantitative estimate of drug-likeness (QED) is 0.547. The summed E-state index contributed by atoms with van der Waals surface area (Å²) < 4.78 is 0. The van der Waals surface area contributed by atoms with Gasteiger partial charge in [-0.05, 0) is 17.3 Å². The molecule has 0 heterocycles. The van der Waals surface area contributed by atoms with Gasteiger partial charge < -0.3 is 0 Å². The van der Waals surface area contributed by atoms with E-state index in [1.807, 2.05) is 31.2 Å². The molecule has 0 aliphatic carbocycles. The van der Waals surface area contributed by atoms with Gasteiger partial charge in [-0.1, -0.05) is 36.7 Å². The third-order valence-corrected chi connectivity index (χ3v) is 7.14. The van der Waals surface area contributed by atoms with E-state index in [0.717, 1.165) is 11.2 Å². The molecule has 0 bridgehead atoms. The maximum atomic E-state index is 6.17. The summed E-state index contributed by atoms with van der Waals surface area (Å²) in [6, 6.07) is 8.28. The van der Waals surface area contributed by atoms with E-state index in [4.69, 9.17) is 33.8 Å². The molecule has 0 nitrogen and oxygen atoms in total. The lowest BCUT2D eigenvalue weighted by Gasteiger charge is -2.15. The molecular formula is C8H9Cl3Si. The molecule has 0 aromatic heterocycles. The lowest BCUT2D eigenvalue weighted by Crippen LogP contribution is -2.36. The summed E-state index contributed by atoms with van der Waals surface area (Å²) in [6.45, 7) is -0.304. The van der Waals surface area contributed by atoms with Crippen molar-refractivity contribution >= 4 is 45.6 Å². The molecule has 0 amide bonds. The standard InChI is InChI=1S/C8H9Cl3Si/c1-2-12(10,11)8-6-4-3-5-7(8)9/h3-6H,2H2,1H3. The van der Waals surface area contributed by atoms with Gasteiger partial charge in [0.25, 0.3) is 6.69 Å². The summed E-state index contributed by atoms with van der Waals surface area (Å²) in [5.74, 6) is 0. The van der Waals surface area contributed by atoms with Crippen molar-refractivity contribution in [3.63, 3.8) is 0 Å². The zero-order chi connectivity index (χ0) is 9.19. The van der Waals surface area contributed by atoms with Crippen molar-refractivity contribution in [1.29, 1.82) is 0 Å². The fraction of sp³-hybridized carbons (Fsp3) is 0.250. The number of benzene rings is 1. The van der Waals surface area contributed by atoms with Crippen molar-refractivity contribution in [3.05, 3.63) is 29.3 Å². The lowest BCUT2D eigenvalue weighted by atomic mass is 10.4. The van der Waals surface area contributed by atoms with Gasteiger partial charge in [0, 0.05) is 5.02 Å². The maximum absolute atomic E-state index is 6.17. The molecule has 1 rings (SSSR count). The van der Waals surface area contributed by atoms with Gasteiger partial charge in [0.05, 0.1) is 0 Å². The van der Waals surface area contributed by atoms with Crippen LogP contribution in [0.1, 0.15) is 6.92 Å². The first-order chi connectivity index (χ1) is 5.58. The van der Waals surface area contributed by atoms with E-state index in [-0.39, 0.29) is 0 Å². The number of hydrogen-bond acceptors (Lipinski definition) is 0. The molecule has 0 atom stereocenters. The predicted molar refractivity (Wildman–Crippen MR) is 59.0 cm³/mol. The Hall–Kier alpha value is 0.307. The molecule has 0 aliphatic heterocycles. The van der Waals surface area contributed by atoms with Crippen molar-refractivity contribution in [2.75, 3.05) is 0 Å². The molecule has 1 aromatic rings. The van der Waals surface area contributed by atoms with Crippen molar-refractivity contribution in [1.82, 2.24) is 0 Å². The molecule has 0 radical (unpaired) electrons. The van der Waals surface area contributed by atoms with Gasteiger partial charge in [0.1, 0.15) is 0 Å². The minimum atomic E-state index is -2.29. The van der Waals surface area contributed by atoms with E-state index in [0.29, 0.717) is 5.02 Å². The summed E-state index contributed by atoms with van der Waals surface area (Å²) in [5, 5.41) is 1.59. The Bertz CT molecular complexity index is 273. The van der Waals surface area contributed by atoms with Gasteiger partial charge in [0.2, 0.25) is 0 Å². The van der Waals surface area contributed by atoms with E-state index in [2.05, 4.69) is 0 Å². The van der Waals surface area contributed by atoms with E-state index in [1.54, 1.807) is 0 Å². The van der Waals surface area contributed by atoms with Crippen LogP contribution in [0, 0.1) is 0 Å². The molecule has 1 aromatic carbocycles. The minimum absolute atomic E-state index is 0.677. The summed E-state index contributed by atoms with van der Waals surface area (Å²) in [5.41, 5.74) is 0. The van der Waals surface area contributed by atoms with E-state index < -0.39 is 6.69 Å². The van der Waals surface area contributed by atoms with Crippen LogP contribution in [0.3, 0.4) is 0 Å². The highest BCUT2D eigenvalue weighted by atomic mass is 35.7. The first kappa shape index (κ1) is 10.4. The maximum Gasteiger partial charge on any atom is 0.282 e. The zero-order valence-electron chi connectivity index (χ0n) is 6.65. The van der Waals surface area contributed by atoms with E-state index in [9.17, 15) is 0 Å². The van der Waals surface area contributed by atoms with Crippen molar-refractivity contribution in [2.45, 2.75) is 13.0 Å². The van der Waals surface area contributed by atoms with Crippen LogP contribution in [0.15, 0.2) is 24.3 Å². The minimum Gasteiger partial charge on any atom is -0.140 e. The molecular weight excluding hydrogens is 231 g/mol. The number of rotatable bonds is 2. The summed E-state index contributed by atoms with van der Waals surface area (Å²) in [4.78, 5) is 0. The molecule has 4 heteroatoms. The van der Waals surface area contributed by atoms with Crippen LogP contribution in [0.4, 0.5) is 0 Å². The lowest BCUT2D eigenvalue weighted by molar-refractivity contribution is 1.44. The second-order valence-corrected chi connectivity index (χ2v) is 10.1. The van der Waals surface area contributed by atoms with Crippen LogP contribution >= 0.6 is 33.8 Å². The average Bonchev–Trinajstić information content (AvgIpc) is 2.05. The van der Waals surface area contributed by atoms with Gasteiger partial charge in [-0.2, -0.15) is 0 Å². The topological polar surface area (TPSA) is 0 Å². The molecule has 0 saturated heterocycles. The highest BCUT2D eigenvalue weighted by Gasteiger charge is 2.30. The third-order valence-electron chi connectivity index (χ3n) is 1.71. The Labute approximate surface area is 87.9 Å². The highest BCUT2D eigenvalue weighted by Crippen LogP contribution is 2.23. The van der Waals surface area contributed by atoms with Crippen LogP contribution < -0.4 is 5.19 Å². The van der Waals surface area contributed by atoms with Crippen LogP contribution in [0.5, 0.6) is 0 Å². The van der Waals surface area contributed by atoms with E-state index >= 15 is 0 Å². The van der Waals surface area contributed by atoms with Crippen molar-refractivity contribution in [3.8, 4) is 0 Å². The fourth-order valence-electron chi connectivity index (χ4n) is 0.948. The van der Waals surface area contributed by atoms with Crippen LogP contribution in [0.25, 0.3) is 0 Å². The first-order valence-electron chi connectivity index (χ1n) is 3.70. The Morgan fingerprint density at radius 3 is 2.33 bits per heavy atom. The molecule has 12 heavy (non-hydrogen) atoms. The summed E-state index contributed by atoms with van der Waals surface area (Å²) in [7, 11) is 0. The Morgan fingerprint density at radius 1 is 1.25 bits per heavy atom. The summed E-state index contributed by atoms with van der Waals surface area (Å²) >= 11 is 18.3. The monoisotopic (exact) mass is 238 g/mol. The van der Waals surface area contributed by atoms with Gasteiger partial charge >= 0.3 is 0 Å². The van der Waals surface area contributed by atoms with Crippen LogP contribution in [-0.4, -0.2) is 6.69 Å². The molecule has 0 N–H and O–H groups in total. The van der Waals surface area contributed by atoms with Gasteiger partial charge in [0.15, 0.2) is 0 Å². The molecule has 0 aliphatic rings. The largest absolute Gasteiger partial charge is 0.282 e. The van der Waals surface area contributed by atoms with E-state index in [1.165, 1.54) is 0 Å². The third kappa shape index (κ3) is 2.16. The Kier molecular flexibility index (Phi) is 3.47. The molecule has 0 unspecified atom stereocenters. The molecule has 0 fully saturated rings. The van der Waals surface area contributed by atoms with Crippen molar-refractivity contribution in [2.24, 2.45) is 0 Å². The average molecular weight is 240 g/mol. The van der Waals surface area contributed by atoms with Gasteiger partial charge in [-0.15, -0.1) is 22.2 Å². The van der Waals surface area contributed by atoms with Gasteiger partial charge in [-0.3, -0.25) is 0 Å². The van der Waals surface area contributed by atoms with Crippen molar-refractivity contribution < 1.29 is 0 Å². The predicted octanol–water partition coefficient (Wildman–Crippen LogP) is 3.49. The SMILES string of the molecule is CC[Si](Cl)(Cl)c1ccccc1Cl. The smallest absolute Gasteiger partial charge is 0.140 e. The molecule has 66 valence electrons. The normalized spacial score (nSPS) is 11.7. The fourth-order valence-corrected chi connectivity index (χ4v) is 4.00. The zero-order valence-corrected chi connectivity index (χ0v) is 9.92.